The average molecular weight is 262 g/mol. The van der Waals surface area contributed by atoms with Gasteiger partial charge in [0, 0.05) is 18.9 Å². The van der Waals surface area contributed by atoms with Crippen molar-refractivity contribution in [3.63, 3.8) is 0 Å². The van der Waals surface area contributed by atoms with Crippen molar-refractivity contribution >= 4 is 0 Å². The quantitative estimate of drug-likeness (QED) is 0.629. The molecule has 0 aliphatic heterocycles. The molecular weight excluding hydrogens is 232 g/mol. The summed E-state index contributed by atoms with van der Waals surface area (Å²) in [6.07, 6.45) is 20.4. The summed E-state index contributed by atoms with van der Waals surface area (Å²) < 4.78 is 2.23. The Bertz CT molecular complexity index is 310. The van der Waals surface area contributed by atoms with Gasteiger partial charge in [-0.1, -0.05) is 58.3 Å². The summed E-state index contributed by atoms with van der Waals surface area (Å²) in [7, 11) is 0. The zero-order valence-electron chi connectivity index (χ0n) is 12.6. The molecule has 2 nitrogen and oxygen atoms in total. The maximum absolute atomic E-state index is 4.14. The first-order valence-corrected chi connectivity index (χ1v) is 8.34. The van der Waals surface area contributed by atoms with E-state index in [1.807, 2.05) is 12.5 Å². The average Bonchev–Trinajstić information content (AvgIpc) is 2.80. The van der Waals surface area contributed by atoms with E-state index < -0.39 is 0 Å². The van der Waals surface area contributed by atoms with Gasteiger partial charge in [0.15, 0.2) is 0 Å². The maximum atomic E-state index is 4.14. The zero-order chi connectivity index (χ0) is 13.3. The highest BCUT2D eigenvalue weighted by atomic mass is 15.0. The maximum Gasteiger partial charge on any atom is 0.0945 e. The van der Waals surface area contributed by atoms with Crippen molar-refractivity contribution < 1.29 is 0 Å². The van der Waals surface area contributed by atoms with Gasteiger partial charge in [0.2, 0.25) is 0 Å². The van der Waals surface area contributed by atoms with Crippen LogP contribution in [0.1, 0.15) is 71.1 Å². The molecule has 2 rings (SSSR count). The van der Waals surface area contributed by atoms with Crippen molar-refractivity contribution in [2.75, 3.05) is 0 Å². The number of hydrogen-bond acceptors (Lipinski definition) is 1. The monoisotopic (exact) mass is 262 g/mol. The molecule has 19 heavy (non-hydrogen) atoms. The predicted octanol–water partition coefficient (Wildman–Crippen LogP) is 5.05. The Morgan fingerprint density at radius 2 is 1.95 bits per heavy atom. The van der Waals surface area contributed by atoms with E-state index in [1.165, 1.54) is 64.2 Å². The van der Waals surface area contributed by atoms with Crippen LogP contribution in [0.2, 0.25) is 0 Å². The van der Waals surface area contributed by atoms with Crippen molar-refractivity contribution in [2.45, 2.75) is 77.7 Å². The van der Waals surface area contributed by atoms with Crippen molar-refractivity contribution in [1.82, 2.24) is 9.55 Å². The van der Waals surface area contributed by atoms with Gasteiger partial charge in [-0.3, -0.25) is 0 Å². The largest absolute Gasteiger partial charge is 0.337 e. The Morgan fingerprint density at radius 3 is 2.58 bits per heavy atom. The van der Waals surface area contributed by atoms with Gasteiger partial charge >= 0.3 is 0 Å². The van der Waals surface area contributed by atoms with Crippen LogP contribution in [0.4, 0.5) is 0 Å². The van der Waals surface area contributed by atoms with Crippen LogP contribution < -0.4 is 0 Å². The van der Waals surface area contributed by atoms with Crippen molar-refractivity contribution in [1.29, 1.82) is 0 Å². The minimum Gasteiger partial charge on any atom is -0.337 e. The van der Waals surface area contributed by atoms with Crippen LogP contribution in [0.5, 0.6) is 0 Å². The molecule has 1 aliphatic carbocycles. The lowest BCUT2D eigenvalue weighted by atomic mass is 9.85. The molecule has 1 aromatic heterocycles. The highest BCUT2D eigenvalue weighted by Crippen LogP contribution is 2.31. The molecular formula is C17H30N2. The van der Waals surface area contributed by atoms with E-state index in [0.29, 0.717) is 0 Å². The van der Waals surface area contributed by atoms with E-state index >= 15 is 0 Å². The van der Waals surface area contributed by atoms with Gasteiger partial charge < -0.3 is 4.57 Å². The third kappa shape index (κ3) is 5.38. The van der Waals surface area contributed by atoms with Crippen molar-refractivity contribution in [3.05, 3.63) is 18.7 Å². The molecule has 1 heterocycles. The molecule has 0 saturated heterocycles. The second kappa shape index (κ2) is 8.39. The first-order chi connectivity index (χ1) is 9.38. The lowest BCUT2D eigenvalue weighted by molar-refractivity contribution is 0.299. The van der Waals surface area contributed by atoms with Crippen molar-refractivity contribution in [3.8, 4) is 0 Å². The molecule has 2 heteroatoms. The van der Waals surface area contributed by atoms with Crippen LogP contribution in [0.3, 0.4) is 0 Å². The van der Waals surface area contributed by atoms with E-state index in [-0.39, 0.29) is 0 Å². The summed E-state index contributed by atoms with van der Waals surface area (Å²) >= 11 is 0. The summed E-state index contributed by atoms with van der Waals surface area (Å²) in [5, 5.41) is 0. The number of hydrogen-bond donors (Lipinski definition) is 0. The van der Waals surface area contributed by atoms with Gasteiger partial charge in [0.05, 0.1) is 6.33 Å². The summed E-state index contributed by atoms with van der Waals surface area (Å²) in [5.74, 6) is 1.94. The van der Waals surface area contributed by atoms with Crippen molar-refractivity contribution in [2.24, 2.45) is 11.8 Å². The van der Waals surface area contributed by atoms with Gasteiger partial charge in [-0.25, -0.2) is 4.98 Å². The van der Waals surface area contributed by atoms with E-state index in [2.05, 4.69) is 22.7 Å². The minimum absolute atomic E-state index is 0.926. The number of imidazole rings is 1. The molecule has 0 bridgehead atoms. The molecule has 0 N–H and O–H groups in total. The molecule has 1 aliphatic rings. The summed E-state index contributed by atoms with van der Waals surface area (Å²) in [5.41, 5.74) is 0. The summed E-state index contributed by atoms with van der Waals surface area (Å²) in [4.78, 5) is 4.14. The number of nitrogens with zero attached hydrogens (tertiary/aromatic N) is 2. The smallest absolute Gasteiger partial charge is 0.0945 e. The van der Waals surface area contributed by atoms with Crippen LogP contribution >= 0.6 is 0 Å². The molecule has 0 amide bonds. The standard InChI is InChI=1S/C17H30N2/c1-2-7-16(10-12-19-13-11-18-15-19)14-17-8-5-3-4-6-9-17/h11,13,15-17H,2-10,12,14H2,1H3. The van der Waals surface area contributed by atoms with E-state index in [4.69, 9.17) is 0 Å². The summed E-state index contributed by atoms with van der Waals surface area (Å²) in [6.45, 7) is 3.48. The van der Waals surface area contributed by atoms with Gasteiger partial charge in [0.1, 0.15) is 0 Å². The first-order valence-electron chi connectivity index (χ1n) is 8.34. The van der Waals surface area contributed by atoms with Gasteiger partial charge in [-0.2, -0.15) is 0 Å². The molecule has 108 valence electrons. The number of aromatic nitrogens is 2. The fourth-order valence-electron chi connectivity index (χ4n) is 3.61. The van der Waals surface area contributed by atoms with E-state index in [0.717, 1.165) is 18.4 Å². The molecule has 0 radical (unpaired) electrons. The molecule has 1 saturated carbocycles. The number of aryl methyl sites for hydroxylation is 1. The van der Waals surface area contributed by atoms with E-state index in [9.17, 15) is 0 Å². The second-order valence-corrected chi connectivity index (χ2v) is 6.34. The first kappa shape index (κ1) is 14.6. The van der Waals surface area contributed by atoms with Crippen LogP contribution in [-0.4, -0.2) is 9.55 Å². The third-order valence-corrected chi connectivity index (χ3v) is 4.69. The van der Waals surface area contributed by atoms with Gasteiger partial charge in [-0.15, -0.1) is 0 Å². The second-order valence-electron chi connectivity index (χ2n) is 6.34. The Balaban J connectivity index is 1.77. The van der Waals surface area contributed by atoms with Crippen LogP contribution in [-0.2, 0) is 6.54 Å². The lowest BCUT2D eigenvalue weighted by Crippen LogP contribution is -2.11. The molecule has 0 aromatic carbocycles. The normalized spacial score (nSPS) is 19.2. The van der Waals surface area contributed by atoms with Crippen LogP contribution in [0, 0.1) is 11.8 Å². The molecule has 0 spiro atoms. The zero-order valence-corrected chi connectivity index (χ0v) is 12.6. The van der Waals surface area contributed by atoms with E-state index in [1.54, 1.807) is 0 Å². The van der Waals surface area contributed by atoms with Gasteiger partial charge in [-0.05, 0) is 24.7 Å². The highest BCUT2D eigenvalue weighted by molar-refractivity contribution is 4.75. The molecule has 1 aromatic rings. The van der Waals surface area contributed by atoms with Crippen LogP contribution in [0.15, 0.2) is 18.7 Å². The Kier molecular flexibility index (Phi) is 6.46. The Hall–Kier alpha value is -0.790. The number of rotatable bonds is 7. The fourth-order valence-corrected chi connectivity index (χ4v) is 3.61. The van der Waals surface area contributed by atoms with Gasteiger partial charge in [0.25, 0.3) is 0 Å². The molecule has 1 fully saturated rings. The minimum atomic E-state index is 0.926. The molecule has 1 unspecified atom stereocenters. The highest BCUT2D eigenvalue weighted by Gasteiger charge is 2.17. The summed E-state index contributed by atoms with van der Waals surface area (Å²) in [6, 6.07) is 0. The topological polar surface area (TPSA) is 17.8 Å². The fraction of sp³-hybridized carbons (Fsp3) is 0.824. The third-order valence-electron chi connectivity index (χ3n) is 4.69. The predicted molar refractivity (Wildman–Crippen MR) is 81.1 cm³/mol. The van der Waals surface area contributed by atoms with Crippen LogP contribution in [0.25, 0.3) is 0 Å². The lowest BCUT2D eigenvalue weighted by Gasteiger charge is -2.22. The molecule has 1 atom stereocenters. The SMILES string of the molecule is CCCC(CCn1ccnc1)CC1CCCCCC1. The Labute approximate surface area is 118 Å². The Morgan fingerprint density at radius 1 is 1.16 bits per heavy atom.